The first kappa shape index (κ1) is 13.9. The maximum Gasteiger partial charge on any atom is 0.417 e. The van der Waals surface area contributed by atoms with Crippen molar-refractivity contribution in [3.8, 4) is 0 Å². The second-order valence-electron chi connectivity index (χ2n) is 4.64. The van der Waals surface area contributed by atoms with Crippen LogP contribution in [0.1, 0.15) is 15.9 Å². The van der Waals surface area contributed by atoms with Gasteiger partial charge in [0.25, 0.3) is 5.91 Å². The van der Waals surface area contributed by atoms with Gasteiger partial charge >= 0.3 is 6.18 Å². The number of halogens is 3. The molecule has 104 valence electrons. The third-order valence-corrected chi connectivity index (χ3v) is 3.25. The number of piperazine rings is 1. The maximum atomic E-state index is 12.9. The Morgan fingerprint density at radius 2 is 1.68 bits per heavy atom. The third-order valence-electron chi connectivity index (χ3n) is 3.25. The van der Waals surface area contributed by atoms with Crippen molar-refractivity contribution in [2.24, 2.45) is 0 Å². The number of alkyl halides is 3. The SMILES string of the molecule is CN1CCN(C(=O)c2ccccc2C(F)(F)F)CC1. The fourth-order valence-corrected chi connectivity index (χ4v) is 2.10. The van der Waals surface area contributed by atoms with Crippen LogP contribution in [0, 0.1) is 0 Å². The number of nitrogens with zero attached hydrogens (tertiary/aromatic N) is 2. The van der Waals surface area contributed by atoms with Crippen molar-refractivity contribution in [1.29, 1.82) is 0 Å². The van der Waals surface area contributed by atoms with E-state index in [2.05, 4.69) is 0 Å². The van der Waals surface area contributed by atoms with Gasteiger partial charge in [-0.05, 0) is 19.2 Å². The largest absolute Gasteiger partial charge is 0.417 e. The molecule has 0 spiro atoms. The van der Waals surface area contributed by atoms with Gasteiger partial charge in [-0.25, -0.2) is 0 Å². The molecule has 19 heavy (non-hydrogen) atoms. The summed E-state index contributed by atoms with van der Waals surface area (Å²) in [5.41, 5.74) is -1.13. The van der Waals surface area contributed by atoms with Gasteiger partial charge in [0.15, 0.2) is 0 Å². The summed E-state index contributed by atoms with van der Waals surface area (Å²) in [4.78, 5) is 15.7. The van der Waals surface area contributed by atoms with Gasteiger partial charge in [-0.1, -0.05) is 12.1 Å². The zero-order valence-corrected chi connectivity index (χ0v) is 10.6. The van der Waals surface area contributed by atoms with E-state index in [1.807, 2.05) is 11.9 Å². The van der Waals surface area contributed by atoms with E-state index in [0.29, 0.717) is 26.2 Å². The quantitative estimate of drug-likeness (QED) is 0.781. The zero-order valence-electron chi connectivity index (χ0n) is 10.6. The summed E-state index contributed by atoms with van der Waals surface area (Å²) in [5.74, 6) is -0.541. The molecular weight excluding hydrogens is 257 g/mol. The Kier molecular flexibility index (Phi) is 3.80. The van der Waals surface area contributed by atoms with E-state index in [1.54, 1.807) is 0 Å². The fraction of sp³-hybridized carbons (Fsp3) is 0.462. The second kappa shape index (κ2) is 5.21. The van der Waals surface area contributed by atoms with Gasteiger partial charge in [0.2, 0.25) is 0 Å². The molecule has 0 aliphatic carbocycles. The van der Waals surface area contributed by atoms with E-state index in [-0.39, 0.29) is 5.56 Å². The summed E-state index contributed by atoms with van der Waals surface area (Å²) < 4.78 is 38.6. The lowest BCUT2D eigenvalue weighted by Crippen LogP contribution is -2.47. The van der Waals surface area contributed by atoms with E-state index in [0.717, 1.165) is 6.07 Å². The van der Waals surface area contributed by atoms with E-state index < -0.39 is 17.6 Å². The van der Waals surface area contributed by atoms with Crippen molar-refractivity contribution in [3.05, 3.63) is 35.4 Å². The normalized spacial score (nSPS) is 17.6. The van der Waals surface area contributed by atoms with Crippen molar-refractivity contribution < 1.29 is 18.0 Å². The summed E-state index contributed by atoms with van der Waals surface area (Å²) in [6, 6.07) is 4.94. The highest BCUT2D eigenvalue weighted by Gasteiger charge is 2.36. The molecule has 3 nitrogen and oxygen atoms in total. The first-order valence-electron chi connectivity index (χ1n) is 6.03. The molecule has 1 fully saturated rings. The molecule has 0 radical (unpaired) electrons. The van der Waals surface area contributed by atoms with Crippen LogP contribution in [0.5, 0.6) is 0 Å². The predicted molar refractivity (Wildman–Crippen MR) is 64.8 cm³/mol. The van der Waals surface area contributed by atoms with Crippen molar-refractivity contribution in [3.63, 3.8) is 0 Å². The number of rotatable bonds is 1. The van der Waals surface area contributed by atoms with Crippen LogP contribution in [0.2, 0.25) is 0 Å². The smallest absolute Gasteiger partial charge is 0.336 e. The number of hydrogen-bond acceptors (Lipinski definition) is 2. The van der Waals surface area contributed by atoms with Gasteiger partial charge in [-0.3, -0.25) is 4.79 Å². The van der Waals surface area contributed by atoms with Crippen molar-refractivity contribution >= 4 is 5.91 Å². The lowest BCUT2D eigenvalue weighted by Gasteiger charge is -2.32. The Morgan fingerprint density at radius 3 is 2.26 bits per heavy atom. The maximum absolute atomic E-state index is 12.9. The van der Waals surface area contributed by atoms with Gasteiger partial charge in [0.05, 0.1) is 11.1 Å². The first-order valence-corrected chi connectivity index (χ1v) is 6.03. The average Bonchev–Trinajstić information content (AvgIpc) is 2.38. The number of amides is 1. The molecule has 0 aromatic heterocycles. The molecule has 0 bridgehead atoms. The highest BCUT2D eigenvalue weighted by molar-refractivity contribution is 5.96. The van der Waals surface area contributed by atoms with Gasteiger partial charge in [0.1, 0.15) is 0 Å². The minimum Gasteiger partial charge on any atom is -0.336 e. The van der Waals surface area contributed by atoms with Crippen LogP contribution in [-0.4, -0.2) is 48.9 Å². The highest BCUT2D eigenvalue weighted by Crippen LogP contribution is 2.32. The standard InChI is InChI=1S/C13H15F3N2O/c1-17-6-8-18(9-7-17)12(19)10-4-2-3-5-11(10)13(14,15)16/h2-5H,6-9H2,1H3. The van der Waals surface area contributed by atoms with E-state index in [9.17, 15) is 18.0 Å². The molecule has 1 saturated heterocycles. The van der Waals surface area contributed by atoms with E-state index >= 15 is 0 Å². The Labute approximate surface area is 109 Å². The van der Waals surface area contributed by atoms with E-state index in [4.69, 9.17) is 0 Å². The minimum atomic E-state index is -4.50. The number of benzene rings is 1. The Bertz CT molecular complexity index is 465. The van der Waals surface area contributed by atoms with Crippen LogP contribution < -0.4 is 0 Å². The molecule has 1 aromatic rings. The van der Waals surface area contributed by atoms with Crippen LogP contribution >= 0.6 is 0 Å². The van der Waals surface area contributed by atoms with Crippen LogP contribution in [0.4, 0.5) is 13.2 Å². The van der Waals surface area contributed by atoms with Crippen LogP contribution in [0.3, 0.4) is 0 Å². The second-order valence-corrected chi connectivity index (χ2v) is 4.64. The lowest BCUT2D eigenvalue weighted by atomic mass is 10.1. The van der Waals surface area contributed by atoms with Gasteiger partial charge in [0, 0.05) is 26.2 Å². The van der Waals surface area contributed by atoms with Crippen molar-refractivity contribution in [1.82, 2.24) is 9.80 Å². The van der Waals surface area contributed by atoms with Crippen LogP contribution in [0.15, 0.2) is 24.3 Å². The summed E-state index contributed by atoms with van der Waals surface area (Å²) >= 11 is 0. The van der Waals surface area contributed by atoms with Crippen molar-refractivity contribution in [2.45, 2.75) is 6.18 Å². The summed E-state index contributed by atoms with van der Waals surface area (Å²) in [6.45, 7) is 2.28. The number of carbonyl (C=O) groups is 1. The van der Waals surface area contributed by atoms with Gasteiger partial charge in [-0.2, -0.15) is 13.2 Å². The molecule has 1 heterocycles. The highest BCUT2D eigenvalue weighted by atomic mass is 19.4. The Hall–Kier alpha value is -1.56. The Morgan fingerprint density at radius 1 is 1.11 bits per heavy atom. The number of hydrogen-bond donors (Lipinski definition) is 0. The van der Waals surface area contributed by atoms with Crippen molar-refractivity contribution in [2.75, 3.05) is 33.2 Å². The van der Waals surface area contributed by atoms with Crippen LogP contribution in [0.25, 0.3) is 0 Å². The molecule has 0 saturated carbocycles. The average molecular weight is 272 g/mol. The lowest BCUT2D eigenvalue weighted by molar-refractivity contribution is -0.138. The summed E-state index contributed by atoms with van der Waals surface area (Å²) in [5, 5.41) is 0. The zero-order chi connectivity index (χ0) is 14.0. The van der Waals surface area contributed by atoms with Gasteiger partial charge < -0.3 is 9.80 Å². The number of carbonyl (C=O) groups excluding carboxylic acids is 1. The summed E-state index contributed by atoms with van der Waals surface area (Å²) in [7, 11) is 1.92. The molecule has 1 aromatic carbocycles. The molecule has 6 heteroatoms. The van der Waals surface area contributed by atoms with Crippen LogP contribution in [-0.2, 0) is 6.18 Å². The third kappa shape index (κ3) is 3.07. The molecule has 1 aliphatic rings. The van der Waals surface area contributed by atoms with Gasteiger partial charge in [-0.15, -0.1) is 0 Å². The minimum absolute atomic E-state index is 0.264. The number of likely N-dealkylation sites (N-methyl/N-ethyl adjacent to an activating group) is 1. The molecule has 2 rings (SSSR count). The molecule has 0 N–H and O–H groups in total. The monoisotopic (exact) mass is 272 g/mol. The molecule has 1 aliphatic heterocycles. The predicted octanol–water partition coefficient (Wildman–Crippen LogP) is 2.09. The molecular formula is C13H15F3N2O. The summed E-state index contributed by atoms with van der Waals surface area (Å²) in [6.07, 6.45) is -4.50. The topological polar surface area (TPSA) is 23.6 Å². The Balaban J connectivity index is 2.24. The first-order chi connectivity index (χ1) is 8.89. The molecule has 1 amide bonds. The fourth-order valence-electron chi connectivity index (χ4n) is 2.10. The molecule has 0 atom stereocenters. The van der Waals surface area contributed by atoms with E-state index in [1.165, 1.54) is 23.1 Å². The molecule has 0 unspecified atom stereocenters.